The Bertz CT molecular complexity index is 1030. The van der Waals surface area contributed by atoms with Crippen molar-refractivity contribution >= 4 is 41.7 Å². The van der Waals surface area contributed by atoms with Crippen LogP contribution in [0.1, 0.15) is 23.2 Å². The maximum atomic E-state index is 12.7. The van der Waals surface area contributed by atoms with Crippen LogP contribution in [0.4, 0.5) is 10.5 Å². The normalized spacial score (nSPS) is 14.7. The highest BCUT2D eigenvalue weighted by Crippen LogP contribution is 2.29. The van der Waals surface area contributed by atoms with E-state index in [-0.39, 0.29) is 24.9 Å². The number of rotatable bonds is 11. The molecule has 2 aromatic carbocycles. The molecular weight excluding hydrogens is 523 g/mol. The molecule has 5 N–H and O–H groups in total. The van der Waals surface area contributed by atoms with E-state index in [1.54, 1.807) is 37.4 Å². The van der Waals surface area contributed by atoms with Crippen LogP contribution >= 0.6 is 24.0 Å². The van der Waals surface area contributed by atoms with Gasteiger partial charge in [-0.05, 0) is 62.2 Å². The Hall–Kier alpha value is -3.08. The first-order chi connectivity index (χ1) is 17.3. The summed E-state index contributed by atoms with van der Waals surface area (Å²) in [7, 11) is 3.07. The second-order valence-corrected chi connectivity index (χ2v) is 8.98. The van der Waals surface area contributed by atoms with Crippen LogP contribution in [0.3, 0.4) is 0 Å². The summed E-state index contributed by atoms with van der Waals surface area (Å²) in [5.41, 5.74) is 11.8. The van der Waals surface area contributed by atoms with Crippen LogP contribution in [0.5, 0.6) is 17.2 Å². The number of likely N-dealkylation sites (tertiary alicyclic amines) is 1. The molecule has 2 amide bonds. The van der Waals surface area contributed by atoms with Gasteiger partial charge in [0.05, 0.1) is 30.5 Å². The third-order valence-electron chi connectivity index (χ3n) is 6.06. The number of hydrogen-bond acceptors (Lipinski definition) is 8. The van der Waals surface area contributed by atoms with Crippen LogP contribution in [-0.4, -0.2) is 70.0 Å². The van der Waals surface area contributed by atoms with Crippen LogP contribution in [-0.2, 0) is 4.74 Å². The lowest BCUT2D eigenvalue weighted by molar-refractivity contribution is 0.0367. The van der Waals surface area contributed by atoms with Gasteiger partial charge in [-0.3, -0.25) is 9.69 Å². The number of nitrogens with one attached hydrogen (secondary N) is 1. The molecule has 0 saturated carbocycles. The number of ether oxygens (including phenoxy) is 4. The molecule has 204 valence electrons. The summed E-state index contributed by atoms with van der Waals surface area (Å²) in [6.07, 6.45) is 0.406. The average molecular weight is 557 g/mol. The molecule has 0 aliphatic carbocycles. The molecule has 2 aromatic rings. The summed E-state index contributed by atoms with van der Waals surface area (Å²) in [5, 5.41) is 3.27. The van der Waals surface area contributed by atoms with E-state index >= 15 is 0 Å². The highest BCUT2D eigenvalue weighted by atomic mass is 35.5. The lowest BCUT2D eigenvalue weighted by Crippen LogP contribution is -2.44. The van der Waals surface area contributed by atoms with Gasteiger partial charge in [0, 0.05) is 19.2 Å². The minimum absolute atomic E-state index is 0. The zero-order chi connectivity index (χ0) is 26.1. The first kappa shape index (κ1) is 30.1. The molecule has 10 nitrogen and oxygen atoms in total. The van der Waals surface area contributed by atoms with Crippen molar-refractivity contribution in [2.45, 2.75) is 18.9 Å². The fourth-order valence-electron chi connectivity index (χ4n) is 4.06. The lowest BCUT2D eigenvalue weighted by Gasteiger charge is -2.34. The number of nitrogen functional groups attached to an aromatic ring is 1. The standard InChI is InChI=1S/C25H33ClN4O6.ClH/c1-33-17-3-5-18(6-4-17)35-15-19(36-25(28)32)14-30-9-7-16(8-10-30)13-29-24(31)20-11-21(26)22(27)12-23(20)34-2;/h3-6,11-12,16,19H,7-10,13-15,27H2,1-2H3,(H2,28,32)(H,29,31);1H. The Morgan fingerprint density at radius 3 is 2.35 bits per heavy atom. The molecule has 1 unspecified atom stereocenters. The molecule has 1 heterocycles. The van der Waals surface area contributed by atoms with Crippen molar-refractivity contribution in [2.75, 3.05) is 52.7 Å². The van der Waals surface area contributed by atoms with E-state index in [4.69, 9.17) is 42.0 Å². The molecule has 0 bridgehead atoms. The Balaban J connectivity index is 0.00000481. The van der Waals surface area contributed by atoms with Crippen molar-refractivity contribution in [3.63, 3.8) is 0 Å². The highest BCUT2D eigenvalue weighted by Gasteiger charge is 2.25. The minimum Gasteiger partial charge on any atom is -0.497 e. The summed E-state index contributed by atoms with van der Waals surface area (Å²) in [5.74, 6) is 1.79. The number of carbonyl (C=O) groups is 2. The SMILES string of the molecule is COc1ccc(OCC(CN2CCC(CNC(=O)c3cc(Cl)c(N)cc3OC)CC2)OC(N)=O)cc1.Cl. The largest absolute Gasteiger partial charge is 0.497 e. The fourth-order valence-corrected chi connectivity index (χ4v) is 4.22. The van der Waals surface area contributed by atoms with Crippen molar-refractivity contribution in [2.24, 2.45) is 11.7 Å². The first-order valence-electron chi connectivity index (χ1n) is 11.7. The van der Waals surface area contributed by atoms with Crippen molar-refractivity contribution < 1.29 is 28.5 Å². The van der Waals surface area contributed by atoms with Gasteiger partial charge in [0.1, 0.15) is 23.9 Å². The smallest absolute Gasteiger partial charge is 0.404 e. The predicted molar refractivity (Wildman–Crippen MR) is 144 cm³/mol. The second-order valence-electron chi connectivity index (χ2n) is 8.57. The summed E-state index contributed by atoms with van der Waals surface area (Å²) in [4.78, 5) is 26.3. The molecule has 1 fully saturated rings. The molecule has 1 atom stereocenters. The maximum Gasteiger partial charge on any atom is 0.404 e. The van der Waals surface area contributed by atoms with E-state index in [2.05, 4.69) is 10.2 Å². The first-order valence-corrected chi connectivity index (χ1v) is 12.0. The van der Waals surface area contributed by atoms with Gasteiger partial charge in [0.2, 0.25) is 0 Å². The van der Waals surface area contributed by atoms with Gasteiger partial charge >= 0.3 is 6.09 Å². The quantitative estimate of drug-likeness (QED) is 0.358. The number of methoxy groups -OCH3 is 2. The minimum atomic E-state index is -0.839. The van der Waals surface area contributed by atoms with Gasteiger partial charge in [-0.15, -0.1) is 12.4 Å². The van der Waals surface area contributed by atoms with E-state index in [9.17, 15) is 9.59 Å². The van der Waals surface area contributed by atoms with Crippen LogP contribution < -0.4 is 31.0 Å². The third-order valence-corrected chi connectivity index (χ3v) is 6.39. The van der Waals surface area contributed by atoms with Crippen molar-refractivity contribution in [1.29, 1.82) is 0 Å². The van der Waals surface area contributed by atoms with E-state index in [0.29, 0.717) is 46.8 Å². The summed E-state index contributed by atoms with van der Waals surface area (Å²) in [6, 6.07) is 10.2. The van der Waals surface area contributed by atoms with Crippen molar-refractivity contribution in [3.05, 3.63) is 47.0 Å². The van der Waals surface area contributed by atoms with Gasteiger partial charge in [0.25, 0.3) is 5.91 Å². The zero-order valence-corrected chi connectivity index (χ0v) is 22.5. The topological polar surface area (TPSA) is 138 Å². The zero-order valence-electron chi connectivity index (χ0n) is 20.9. The summed E-state index contributed by atoms with van der Waals surface area (Å²) >= 11 is 6.08. The molecule has 1 aliphatic rings. The number of carbonyl (C=O) groups excluding carboxylic acids is 2. The molecule has 3 rings (SSSR count). The van der Waals surface area contributed by atoms with E-state index < -0.39 is 12.2 Å². The lowest BCUT2D eigenvalue weighted by atomic mass is 9.96. The number of benzene rings is 2. The molecule has 0 spiro atoms. The Kier molecular flexibility index (Phi) is 11.9. The third kappa shape index (κ3) is 9.07. The number of hydrogen-bond donors (Lipinski definition) is 3. The number of amides is 2. The van der Waals surface area contributed by atoms with Crippen LogP contribution in [0, 0.1) is 5.92 Å². The Labute approximate surface area is 227 Å². The number of piperidine rings is 1. The predicted octanol–water partition coefficient (Wildman–Crippen LogP) is 3.35. The van der Waals surface area contributed by atoms with Gasteiger partial charge < -0.3 is 35.7 Å². The van der Waals surface area contributed by atoms with Crippen LogP contribution in [0.25, 0.3) is 0 Å². The number of anilines is 1. The van der Waals surface area contributed by atoms with E-state index in [1.807, 2.05) is 0 Å². The summed E-state index contributed by atoms with van der Waals surface area (Å²) in [6.45, 7) is 2.79. The Morgan fingerprint density at radius 1 is 1.11 bits per heavy atom. The molecule has 0 aromatic heterocycles. The number of nitrogens with zero attached hydrogens (tertiary/aromatic N) is 1. The maximum absolute atomic E-state index is 12.7. The van der Waals surface area contributed by atoms with E-state index in [1.165, 1.54) is 13.2 Å². The van der Waals surface area contributed by atoms with Gasteiger partial charge in [-0.2, -0.15) is 0 Å². The van der Waals surface area contributed by atoms with Gasteiger partial charge in [-0.1, -0.05) is 11.6 Å². The van der Waals surface area contributed by atoms with Gasteiger partial charge in [-0.25, -0.2) is 4.79 Å². The van der Waals surface area contributed by atoms with Crippen molar-refractivity contribution in [3.8, 4) is 17.2 Å². The van der Waals surface area contributed by atoms with E-state index in [0.717, 1.165) is 31.7 Å². The monoisotopic (exact) mass is 556 g/mol. The summed E-state index contributed by atoms with van der Waals surface area (Å²) < 4.78 is 21.5. The molecule has 37 heavy (non-hydrogen) atoms. The number of primary amides is 1. The molecule has 1 aliphatic heterocycles. The molecule has 1 saturated heterocycles. The second kappa shape index (κ2) is 14.6. The van der Waals surface area contributed by atoms with Gasteiger partial charge in [0.15, 0.2) is 6.10 Å². The highest BCUT2D eigenvalue weighted by molar-refractivity contribution is 6.33. The average Bonchev–Trinajstić information content (AvgIpc) is 2.88. The Morgan fingerprint density at radius 2 is 1.76 bits per heavy atom. The number of nitrogens with two attached hydrogens (primary N) is 2. The molecule has 0 radical (unpaired) electrons. The molecule has 12 heteroatoms. The number of halogens is 2. The van der Waals surface area contributed by atoms with Crippen LogP contribution in [0.2, 0.25) is 5.02 Å². The van der Waals surface area contributed by atoms with Crippen LogP contribution in [0.15, 0.2) is 36.4 Å². The fraction of sp³-hybridized carbons (Fsp3) is 0.440. The molecular formula is C25H34Cl2N4O6. The van der Waals surface area contributed by atoms with Crippen molar-refractivity contribution in [1.82, 2.24) is 10.2 Å².